The Morgan fingerprint density at radius 3 is 2.14 bits per heavy atom. The fraction of sp³-hybridized carbons (Fsp3) is 0.143. The molecule has 0 fully saturated rings. The van der Waals surface area contributed by atoms with Crippen LogP contribution >= 0.6 is 11.6 Å². The predicted octanol–water partition coefficient (Wildman–Crippen LogP) is 6.26. The second-order valence-corrected chi connectivity index (χ2v) is 6.63. The van der Waals surface area contributed by atoms with Crippen LogP contribution in [0.15, 0.2) is 72.8 Å². The number of benzene rings is 3. The molecule has 3 aromatic carbocycles. The molecule has 0 amide bonds. The Bertz CT molecular complexity index is 912. The first-order valence-electron chi connectivity index (χ1n) is 8.51. The molecule has 0 aromatic heterocycles. The van der Waals surface area contributed by atoms with E-state index in [2.05, 4.69) is 5.32 Å². The number of alkyl halides is 3. The van der Waals surface area contributed by atoms with Gasteiger partial charge in [-0.05, 0) is 66.2 Å². The third kappa shape index (κ3) is 5.41. The molecular weight excluding hydrogens is 389 g/mol. The maximum atomic E-state index is 12.8. The first-order valence-corrected chi connectivity index (χ1v) is 8.89. The van der Waals surface area contributed by atoms with E-state index < -0.39 is 17.8 Å². The molecule has 3 aromatic rings. The monoisotopic (exact) mass is 406 g/mol. The van der Waals surface area contributed by atoms with Crippen molar-refractivity contribution in [2.24, 2.45) is 5.73 Å². The number of rotatable bonds is 6. The molecule has 3 nitrogen and oxygen atoms in total. The van der Waals surface area contributed by atoms with Crippen LogP contribution in [0.1, 0.15) is 17.2 Å². The predicted molar refractivity (Wildman–Crippen MR) is 105 cm³/mol. The second kappa shape index (κ2) is 8.54. The van der Waals surface area contributed by atoms with Crippen LogP contribution in [0.3, 0.4) is 0 Å². The number of hydrogen-bond acceptors (Lipinski definition) is 3. The van der Waals surface area contributed by atoms with Crippen LogP contribution in [0.4, 0.5) is 18.9 Å². The van der Waals surface area contributed by atoms with Crippen LogP contribution in [-0.2, 0) is 6.18 Å². The summed E-state index contributed by atoms with van der Waals surface area (Å²) in [5.41, 5.74) is 6.53. The molecule has 7 heteroatoms. The van der Waals surface area contributed by atoms with Gasteiger partial charge in [-0.15, -0.1) is 0 Å². The lowest BCUT2D eigenvalue weighted by Crippen LogP contribution is -2.21. The third-order valence-corrected chi connectivity index (χ3v) is 4.32. The maximum absolute atomic E-state index is 12.8. The normalized spacial score (nSPS) is 12.5. The number of ether oxygens (including phenoxy) is 1. The Kier molecular flexibility index (Phi) is 6.11. The Hall–Kier alpha value is -2.70. The Labute approximate surface area is 165 Å². The van der Waals surface area contributed by atoms with Crippen molar-refractivity contribution in [3.8, 4) is 11.5 Å². The van der Waals surface area contributed by atoms with Gasteiger partial charge in [0.05, 0.1) is 5.56 Å². The van der Waals surface area contributed by atoms with Crippen molar-refractivity contribution in [2.45, 2.75) is 12.2 Å². The molecule has 1 atom stereocenters. The molecule has 1 unspecified atom stereocenters. The van der Waals surface area contributed by atoms with Crippen molar-refractivity contribution in [1.29, 1.82) is 0 Å². The van der Waals surface area contributed by atoms with Gasteiger partial charge >= 0.3 is 6.18 Å². The average molecular weight is 407 g/mol. The Morgan fingerprint density at radius 1 is 0.929 bits per heavy atom. The number of anilines is 1. The van der Waals surface area contributed by atoms with Crippen LogP contribution < -0.4 is 15.8 Å². The molecule has 0 radical (unpaired) electrons. The van der Waals surface area contributed by atoms with Gasteiger partial charge in [0, 0.05) is 23.3 Å². The first-order chi connectivity index (χ1) is 13.3. The lowest BCUT2D eigenvalue weighted by Gasteiger charge is -2.16. The van der Waals surface area contributed by atoms with E-state index in [9.17, 15) is 13.2 Å². The molecule has 0 heterocycles. The van der Waals surface area contributed by atoms with Gasteiger partial charge in [0.2, 0.25) is 0 Å². The van der Waals surface area contributed by atoms with Crippen molar-refractivity contribution < 1.29 is 17.9 Å². The molecule has 0 bridgehead atoms. The molecule has 0 spiro atoms. The molecule has 3 rings (SSSR count). The lowest BCUT2D eigenvalue weighted by molar-refractivity contribution is -0.137. The lowest BCUT2D eigenvalue weighted by atomic mass is 10.0. The molecular formula is C21H18ClF3N2O. The number of nitrogens with two attached hydrogens (primary N) is 1. The van der Waals surface area contributed by atoms with Crippen LogP contribution in [0.2, 0.25) is 5.02 Å². The Balaban J connectivity index is 1.58. The van der Waals surface area contributed by atoms with E-state index in [4.69, 9.17) is 22.1 Å². The average Bonchev–Trinajstić information content (AvgIpc) is 2.68. The topological polar surface area (TPSA) is 47.3 Å². The molecule has 28 heavy (non-hydrogen) atoms. The minimum atomic E-state index is -4.39. The van der Waals surface area contributed by atoms with Crippen molar-refractivity contribution in [2.75, 3.05) is 11.9 Å². The first kappa shape index (κ1) is 20.0. The molecule has 0 aliphatic heterocycles. The summed E-state index contributed by atoms with van der Waals surface area (Å²) in [6.07, 6.45) is -4.39. The highest BCUT2D eigenvalue weighted by Crippen LogP contribution is 2.30. The molecule has 3 N–H and O–H groups in total. The SMILES string of the molecule is NC(CNc1ccc(Oc2ccc(Cl)cc2)cc1)c1cccc(C(F)(F)F)c1. The zero-order chi connectivity index (χ0) is 20.1. The summed E-state index contributed by atoms with van der Waals surface area (Å²) in [4.78, 5) is 0. The third-order valence-electron chi connectivity index (χ3n) is 4.07. The van der Waals surface area contributed by atoms with Crippen LogP contribution in [0.25, 0.3) is 0 Å². The fourth-order valence-electron chi connectivity index (χ4n) is 2.57. The zero-order valence-corrected chi connectivity index (χ0v) is 15.5. The quantitative estimate of drug-likeness (QED) is 0.507. The Morgan fingerprint density at radius 2 is 1.54 bits per heavy atom. The van der Waals surface area contributed by atoms with E-state index in [-0.39, 0.29) is 0 Å². The van der Waals surface area contributed by atoms with Crippen molar-refractivity contribution in [3.63, 3.8) is 0 Å². The second-order valence-electron chi connectivity index (χ2n) is 6.19. The van der Waals surface area contributed by atoms with Gasteiger partial charge < -0.3 is 15.8 Å². The standard InChI is InChI=1S/C21H18ClF3N2O/c22-16-4-8-18(9-5-16)28-19-10-6-17(7-11-19)27-13-20(26)14-2-1-3-15(12-14)21(23,24)25/h1-12,20,27H,13,26H2. The van der Waals surface area contributed by atoms with Crippen LogP contribution in [0.5, 0.6) is 11.5 Å². The van der Waals surface area contributed by atoms with Gasteiger partial charge in [-0.3, -0.25) is 0 Å². The van der Waals surface area contributed by atoms with Gasteiger partial charge in [-0.1, -0.05) is 23.7 Å². The highest BCUT2D eigenvalue weighted by Gasteiger charge is 2.30. The van der Waals surface area contributed by atoms with E-state index in [0.717, 1.165) is 17.8 Å². The van der Waals surface area contributed by atoms with Crippen molar-refractivity contribution in [1.82, 2.24) is 0 Å². The highest BCUT2D eigenvalue weighted by atomic mass is 35.5. The van der Waals surface area contributed by atoms with E-state index in [1.54, 1.807) is 42.5 Å². The smallest absolute Gasteiger partial charge is 0.416 e. The largest absolute Gasteiger partial charge is 0.457 e. The van der Waals surface area contributed by atoms with Crippen molar-refractivity contribution >= 4 is 17.3 Å². The minimum Gasteiger partial charge on any atom is -0.457 e. The number of nitrogens with one attached hydrogen (secondary N) is 1. The van der Waals surface area contributed by atoms with Gasteiger partial charge in [0.1, 0.15) is 11.5 Å². The summed E-state index contributed by atoms with van der Waals surface area (Å²) in [5.74, 6) is 1.31. The van der Waals surface area contributed by atoms with Crippen molar-refractivity contribution in [3.05, 3.63) is 88.9 Å². The molecule has 0 aliphatic rings. The molecule has 146 valence electrons. The van der Waals surface area contributed by atoms with E-state index in [1.807, 2.05) is 12.1 Å². The van der Waals surface area contributed by atoms with E-state index in [1.165, 1.54) is 6.07 Å². The number of hydrogen-bond donors (Lipinski definition) is 2. The van der Waals surface area contributed by atoms with Gasteiger partial charge in [0.25, 0.3) is 0 Å². The summed E-state index contributed by atoms with van der Waals surface area (Å²) in [6, 6.07) is 18.7. The highest BCUT2D eigenvalue weighted by molar-refractivity contribution is 6.30. The molecule has 0 saturated carbocycles. The zero-order valence-electron chi connectivity index (χ0n) is 14.7. The summed E-state index contributed by atoms with van der Waals surface area (Å²) >= 11 is 5.84. The fourth-order valence-corrected chi connectivity index (χ4v) is 2.70. The molecule has 0 saturated heterocycles. The minimum absolute atomic E-state index is 0.290. The number of halogens is 4. The summed E-state index contributed by atoms with van der Waals surface area (Å²) < 4.78 is 44.2. The molecule has 0 aliphatic carbocycles. The van der Waals surface area contributed by atoms with E-state index >= 15 is 0 Å². The summed E-state index contributed by atoms with van der Waals surface area (Å²) in [6.45, 7) is 0.290. The van der Waals surface area contributed by atoms with E-state index in [0.29, 0.717) is 28.6 Å². The van der Waals surface area contributed by atoms with Gasteiger partial charge in [-0.2, -0.15) is 13.2 Å². The van der Waals surface area contributed by atoms with Gasteiger partial charge in [0.15, 0.2) is 0 Å². The van der Waals surface area contributed by atoms with Gasteiger partial charge in [-0.25, -0.2) is 0 Å². The summed E-state index contributed by atoms with van der Waals surface area (Å²) in [5, 5.41) is 3.75. The van der Waals surface area contributed by atoms with Crippen LogP contribution in [-0.4, -0.2) is 6.54 Å². The summed E-state index contributed by atoms with van der Waals surface area (Å²) in [7, 11) is 0. The van der Waals surface area contributed by atoms with Crippen LogP contribution in [0, 0.1) is 0 Å². The maximum Gasteiger partial charge on any atom is 0.416 e.